The van der Waals surface area contributed by atoms with Gasteiger partial charge in [-0.15, -0.1) is 11.3 Å². The van der Waals surface area contributed by atoms with Crippen molar-refractivity contribution < 1.29 is 13.2 Å². The summed E-state index contributed by atoms with van der Waals surface area (Å²) in [6.07, 6.45) is 4.15. The van der Waals surface area contributed by atoms with E-state index in [0.717, 1.165) is 11.3 Å². The third-order valence-corrected chi connectivity index (χ3v) is 8.62. The smallest absolute Gasteiger partial charge is 0.252 e. The van der Waals surface area contributed by atoms with E-state index in [9.17, 15) is 13.2 Å². The minimum absolute atomic E-state index is 0.0315. The number of aromatic nitrogens is 3. The van der Waals surface area contributed by atoms with Crippen LogP contribution in [0.25, 0.3) is 5.69 Å². The quantitative estimate of drug-likeness (QED) is 0.629. The van der Waals surface area contributed by atoms with Gasteiger partial charge >= 0.3 is 0 Å². The molecule has 10 heteroatoms. The van der Waals surface area contributed by atoms with Crippen molar-refractivity contribution in [2.45, 2.75) is 30.0 Å². The maximum atomic E-state index is 12.7. The number of rotatable bonds is 6. The van der Waals surface area contributed by atoms with Crippen LogP contribution in [0.3, 0.4) is 0 Å². The third kappa shape index (κ3) is 4.30. The van der Waals surface area contributed by atoms with Gasteiger partial charge in [0.15, 0.2) is 0 Å². The summed E-state index contributed by atoms with van der Waals surface area (Å²) in [5, 5.41) is 8.92. The van der Waals surface area contributed by atoms with Gasteiger partial charge in [0.25, 0.3) is 10.0 Å². The molecule has 8 nitrogen and oxygen atoms in total. The normalized spacial score (nSPS) is 17.0. The van der Waals surface area contributed by atoms with Gasteiger partial charge in [-0.05, 0) is 48.9 Å². The first-order valence-corrected chi connectivity index (χ1v) is 12.1. The lowest BCUT2D eigenvalue weighted by Gasteiger charge is -2.30. The Morgan fingerprint density at radius 1 is 1.20 bits per heavy atom. The summed E-state index contributed by atoms with van der Waals surface area (Å²) in [5.74, 6) is -0.215. The fraction of sp³-hybridized carbons (Fsp3) is 0.350. The Balaban J connectivity index is 1.32. The number of amides is 1. The number of hydrogen-bond donors (Lipinski definition) is 1. The molecule has 0 saturated carbocycles. The lowest BCUT2D eigenvalue weighted by atomic mass is 9.96. The summed E-state index contributed by atoms with van der Waals surface area (Å²) in [7, 11) is -3.45. The molecular formula is C20H23N5O3S2. The van der Waals surface area contributed by atoms with Crippen molar-refractivity contribution in [1.82, 2.24) is 24.4 Å². The second-order valence-corrected chi connectivity index (χ2v) is 10.4. The molecule has 1 aliphatic rings. The number of carbonyl (C=O) groups excluding carboxylic acids is 1. The average molecular weight is 446 g/mol. The second-order valence-electron chi connectivity index (χ2n) is 7.27. The van der Waals surface area contributed by atoms with Gasteiger partial charge in [-0.2, -0.15) is 9.40 Å². The number of nitrogens with zero attached hydrogens (tertiary/aromatic N) is 4. The van der Waals surface area contributed by atoms with Crippen molar-refractivity contribution >= 4 is 27.3 Å². The number of nitrogens with one attached hydrogen (secondary N) is 1. The van der Waals surface area contributed by atoms with E-state index >= 15 is 0 Å². The zero-order valence-electron chi connectivity index (χ0n) is 16.5. The maximum Gasteiger partial charge on any atom is 0.252 e. The van der Waals surface area contributed by atoms with Crippen LogP contribution in [0.4, 0.5) is 0 Å². The molecule has 158 valence electrons. The van der Waals surface area contributed by atoms with E-state index in [1.807, 2.05) is 31.2 Å². The highest BCUT2D eigenvalue weighted by Gasteiger charge is 2.32. The lowest BCUT2D eigenvalue weighted by molar-refractivity contribution is -0.126. The van der Waals surface area contributed by atoms with Crippen LogP contribution in [0.1, 0.15) is 31.4 Å². The number of carbonyl (C=O) groups is 1. The summed E-state index contributed by atoms with van der Waals surface area (Å²) >= 11 is 1.22. The van der Waals surface area contributed by atoms with Gasteiger partial charge < -0.3 is 5.32 Å². The number of hydrogen-bond acceptors (Lipinski definition) is 6. The summed E-state index contributed by atoms with van der Waals surface area (Å²) in [5.41, 5.74) is 1.89. The Labute approximate surface area is 179 Å². The molecule has 1 saturated heterocycles. The fourth-order valence-corrected chi connectivity index (χ4v) is 6.18. The molecule has 3 heterocycles. The van der Waals surface area contributed by atoms with E-state index < -0.39 is 10.0 Å². The van der Waals surface area contributed by atoms with Gasteiger partial charge in [-0.3, -0.25) is 4.79 Å². The molecule has 1 fully saturated rings. The van der Waals surface area contributed by atoms with E-state index in [2.05, 4.69) is 15.4 Å². The number of thiophene rings is 1. The summed E-state index contributed by atoms with van der Waals surface area (Å²) in [6.45, 7) is 2.66. The predicted molar refractivity (Wildman–Crippen MR) is 114 cm³/mol. The number of sulfonamides is 1. The molecule has 4 rings (SSSR count). The average Bonchev–Trinajstić information content (AvgIpc) is 3.48. The van der Waals surface area contributed by atoms with Crippen LogP contribution in [0, 0.1) is 5.92 Å². The maximum absolute atomic E-state index is 12.7. The van der Waals surface area contributed by atoms with Crippen LogP contribution in [-0.2, 0) is 14.8 Å². The van der Waals surface area contributed by atoms with Crippen molar-refractivity contribution in [2.24, 2.45) is 5.92 Å². The first kappa shape index (κ1) is 20.7. The van der Waals surface area contributed by atoms with Crippen LogP contribution in [0.5, 0.6) is 0 Å². The summed E-state index contributed by atoms with van der Waals surface area (Å²) in [6, 6.07) is 11.0. The van der Waals surface area contributed by atoms with Gasteiger partial charge in [-0.25, -0.2) is 18.1 Å². The molecule has 1 aromatic carbocycles. The molecule has 3 aromatic rings. The Bertz CT molecular complexity index is 1070. The molecule has 1 atom stereocenters. The molecule has 1 amide bonds. The lowest BCUT2D eigenvalue weighted by Crippen LogP contribution is -2.43. The highest BCUT2D eigenvalue weighted by molar-refractivity contribution is 7.91. The first-order chi connectivity index (χ1) is 14.4. The highest BCUT2D eigenvalue weighted by atomic mass is 32.2. The molecule has 0 aliphatic carbocycles. The zero-order valence-corrected chi connectivity index (χ0v) is 18.1. The van der Waals surface area contributed by atoms with Gasteiger partial charge in [0.1, 0.15) is 16.9 Å². The highest BCUT2D eigenvalue weighted by Crippen LogP contribution is 2.27. The molecule has 1 N–H and O–H groups in total. The van der Waals surface area contributed by atoms with Crippen LogP contribution in [-0.4, -0.2) is 46.5 Å². The second kappa shape index (κ2) is 8.66. The SMILES string of the molecule is CC(NC(=O)C1CCN(S(=O)(=O)c2cccs2)CC1)c1ccc(-n2cncn2)cc1. The van der Waals surface area contributed by atoms with Crippen LogP contribution in [0.15, 0.2) is 58.6 Å². The van der Waals surface area contributed by atoms with Crippen molar-refractivity contribution in [1.29, 1.82) is 0 Å². The zero-order chi connectivity index (χ0) is 21.1. The Hall–Kier alpha value is -2.56. The van der Waals surface area contributed by atoms with E-state index in [-0.39, 0.29) is 17.9 Å². The number of piperidine rings is 1. The predicted octanol–water partition coefficient (Wildman–Crippen LogP) is 2.61. The topological polar surface area (TPSA) is 97.2 Å². The van der Waals surface area contributed by atoms with Crippen molar-refractivity contribution in [2.75, 3.05) is 13.1 Å². The first-order valence-electron chi connectivity index (χ1n) is 9.74. The van der Waals surface area contributed by atoms with Gasteiger partial charge in [0, 0.05) is 19.0 Å². The van der Waals surface area contributed by atoms with Crippen molar-refractivity contribution in [3.63, 3.8) is 0 Å². The summed E-state index contributed by atoms with van der Waals surface area (Å²) < 4.78 is 28.8. The molecule has 1 unspecified atom stereocenters. The minimum atomic E-state index is -3.45. The molecule has 0 radical (unpaired) electrons. The van der Waals surface area contributed by atoms with Gasteiger partial charge in [0.05, 0.1) is 11.7 Å². The van der Waals surface area contributed by atoms with E-state index in [0.29, 0.717) is 30.1 Å². The largest absolute Gasteiger partial charge is 0.349 e. The van der Waals surface area contributed by atoms with Crippen LogP contribution in [0.2, 0.25) is 0 Å². The Morgan fingerprint density at radius 2 is 1.93 bits per heavy atom. The molecule has 0 bridgehead atoms. The molecule has 0 spiro atoms. The van der Waals surface area contributed by atoms with Crippen molar-refractivity contribution in [3.05, 3.63) is 60.0 Å². The van der Waals surface area contributed by atoms with Gasteiger partial charge in [0.2, 0.25) is 5.91 Å². The van der Waals surface area contributed by atoms with Crippen molar-refractivity contribution in [3.8, 4) is 5.69 Å². The number of benzene rings is 1. The summed E-state index contributed by atoms with van der Waals surface area (Å²) in [4.78, 5) is 16.7. The minimum Gasteiger partial charge on any atom is -0.349 e. The van der Waals surface area contributed by atoms with Crippen LogP contribution >= 0.6 is 11.3 Å². The standard InChI is InChI=1S/C20H23N5O3S2/c1-15(16-4-6-18(7-5-16)25-14-21-13-22-25)23-20(26)17-8-10-24(11-9-17)30(27,28)19-3-2-12-29-19/h2-7,12-15,17H,8-11H2,1H3,(H,23,26). The van der Waals surface area contributed by atoms with Crippen LogP contribution < -0.4 is 5.32 Å². The molecule has 1 aliphatic heterocycles. The third-order valence-electron chi connectivity index (χ3n) is 5.35. The molecular weight excluding hydrogens is 422 g/mol. The Morgan fingerprint density at radius 3 is 2.53 bits per heavy atom. The molecule has 2 aromatic heterocycles. The fourth-order valence-electron chi connectivity index (χ4n) is 3.57. The Kier molecular flexibility index (Phi) is 5.98. The van der Waals surface area contributed by atoms with Gasteiger partial charge in [-0.1, -0.05) is 18.2 Å². The van der Waals surface area contributed by atoms with E-state index in [1.165, 1.54) is 22.0 Å². The van der Waals surface area contributed by atoms with E-state index in [1.54, 1.807) is 28.5 Å². The van der Waals surface area contributed by atoms with E-state index in [4.69, 9.17) is 0 Å². The monoisotopic (exact) mass is 445 g/mol. The molecule has 30 heavy (non-hydrogen) atoms.